The van der Waals surface area contributed by atoms with Crippen LogP contribution in [0.4, 0.5) is 0 Å². The fourth-order valence-electron chi connectivity index (χ4n) is 8.82. The lowest BCUT2D eigenvalue weighted by Gasteiger charge is -2.28. The fourth-order valence-corrected chi connectivity index (χ4v) is 9.45. The van der Waals surface area contributed by atoms with Gasteiger partial charge in [-0.3, -0.25) is 19.0 Å². The first-order valence-electron chi connectivity index (χ1n) is 19.7. The Kier molecular flexibility index (Phi) is 10.6. The lowest BCUT2D eigenvalue weighted by Crippen LogP contribution is -2.41. The van der Waals surface area contributed by atoms with Gasteiger partial charge in [0, 0.05) is 42.8 Å². The van der Waals surface area contributed by atoms with E-state index in [2.05, 4.69) is 44.3 Å². The van der Waals surface area contributed by atoms with Crippen LogP contribution < -0.4 is 9.46 Å². The van der Waals surface area contributed by atoms with E-state index in [0.717, 1.165) is 88.8 Å². The molecule has 2 amide bonds. The molecule has 55 heavy (non-hydrogen) atoms. The standard InChI is InChI=1S/C42H51N5O7S/c1-27(2)55(50,51)44-38(48)22-28-9-11-35-37(21-28)46-26-31(23-30-24-33(52-3)10-12-34(30)41(46)39(35)29-7-5-4-6-8-29)40-36(42(49)45-15-19-54-20-16-45)25-43-47(40)32-13-17-53-18-14-32/h9-12,21,23-25,27,29,32H,4-8,13-20,22,26H2,1-3H3,(H,44,48). The lowest BCUT2D eigenvalue weighted by atomic mass is 9.81. The maximum absolute atomic E-state index is 14.4. The van der Waals surface area contributed by atoms with Crippen LogP contribution in [0.2, 0.25) is 0 Å². The summed E-state index contributed by atoms with van der Waals surface area (Å²) in [6, 6.07) is 12.4. The van der Waals surface area contributed by atoms with Crippen LogP contribution in [0.5, 0.6) is 5.75 Å². The zero-order chi connectivity index (χ0) is 38.3. The van der Waals surface area contributed by atoms with Crippen LogP contribution in [0, 0.1) is 0 Å². The molecule has 2 saturated heterocycles. The third-order valence-electron chi connectivity index (χ3n) is 11.8. The molecule has 0 spiro atoms. The van der Waals surface area contributed by atoms with Crippen LogP contribution in [0.15, 0.2) is 42.6 Å². The van der Waals surface area contributed by atoms with Crippen molar-refractivity contribution < 1.29 is 32.2 Å². The van der Waals surface area contributed by atoms with Crippen molar-refractivity contribution in [3.05, 3.63) is 70.5 Å². The summed E-state index contributed by atoms with van der Waals surface area (Å²) in [6.07, 6.45) is 11.2. The van der Waals surface area contributed by atoms with Crippen molar-refractivity contribution in [2.75, 3.05) is 46.6 Å². The zero-order valence-electron chi connectivity index (χ0n) is 32.0. The average molecular weight is 770 g/mol. The van der Waals surface area contributed by atoms with Gasteiger partial charge in [0.05, 0.1) is 67.7 Å². The van der Waals surface area contributed by atoms with Crippen LogP contribution in [0.3, 0.4) is 0 Å². The summed E-state index contributed by atoms with van der Waals surface area (Å²) < 4.78 is 49.0. The van der Waals surface area contributed by atoms with E-state index in [0.29, 0.717) is 57.5 Å². The number of carbonyl (C=O) groups is 2. The van der Waals surface area contributed by atoms with Crippen molar-refractivity contribution in [2.24, 2.45) is 0 Å². The van der Waals surface area contributed by atoms with E-state index in [1.165, 1.54) is 12.0 Å². The predicted molar refractivity (Wildman–Crippen MR) is 212 cm³/mol. The Labute approximate surface area is 322 Å². The summed E-state index contributed by atoms with van der Waals surface area (Å²) in [6.45, 7) is 6.84. The Morgan fingerprint density at radius 3 is 2.42 bits per heavy atom. The molecule has 0 atom stereocenters. The van der Waals surface area contributed by atoms with E-state index < -0.39 is 21.2 Å². The summed E-state index contributed by atoms with van der Waals surface area (Å²) in [5, 5.41) is 5.36. The van der Waals surface area contributed by atoms with Crippen molar-refractivity contribution in [1.29, 1.82) is 0 Å². The van der Waals surface area contributed by atoms with Gasteiger partial charge in [0.1, 0.15) is 5.75 Å². The molecule has 13 heteroatoms. The number of aromatic nitrogens is 3. The van der Waals surface area contributed by atoms with E-state index in [-0.39, 0.29) is 18.4 Å². The number of ether oxygens (including phenoxy) is 3. The van der Waals surface area contributed by atoms with Gasteiger partial charge in [-0.15, -0.1) is 0 Å². The number of allylic oxidation sites excluding steroid dienone is 1. The number of sulfonamides is 1. The molecule has 8 rings (SSSR count). The molecule has 0 unspecified atom stereocenters. The van der Waals surface area contributed by atoms with Gasteiger partial charge >= 0.3 is 0 Å². The number of carbonyl (C=O) groups excluding carboxylic acids is 2. The Morgan fingerprint density at radius 2 is 1.69 bits per heavy atom. The van der Waals surface area contributed by atoms with E-state index in [1.807, 2.05) is 17.0 Å². The molecule has 4 aliphatic rings. The van der Waals surface area contributed by atoms with E-state index in [4.69, 9.17) is 19.3 Å². The molecule has 0 bridgehead atoms. The van der Waals surface area contributed by atoms with Crippen molar-refractivity contribution in [3.63, 3.8) is 0 Å². The summed E-state index contributed by atoms with van der Waals surface area (Å²) in [5.41, 5.74) is 8.53. The number of rotatable bonds is 9. The molecule has 5 heterocycles. The van der Waals surface area contributed by atoms with Crippen molar-refractivity contribution in [3.8, 4) is 17.0 Å². The summed E-state index contributed by atoms with van der Waals surface area (Å²) in [7, 11) is -2.09. The average Bonchev–Trinajstić information content (AvgIpc) is 3.73. The second-order valence-electron chi connectivity index (χ2n) is 15.6. The van der Waals surface area contributed by atoms with Gasteiger partial charge in [0.2, 0.25) is 15.9 Å². The second-order valence-corrected chi connectivity index (χ2v) is 17.8. The van der Waals surface area contributed by atoms with Crippen LogP contribution in [-0.2, 0) is 37.3 Å². The number of nitrogens with zero attached hydrogens (tertiary/aromatic N) is 4. The number of amides is 2. The fraction of sp³-hybridized carbons (Fsp3) is 0.500. The molecule has 3 aliphatic heterocycles. The van der Waals surface area contributed by atoms with Gasteiger partial charge in [0.25, 0.3) is 5.91 Å². The molecule has 1 aliphatic carbocycles. The van der Waals surface area contributed by atoms with Crippen molar-refractivity contribution >= 4 is 44.4 Å². The molecular formula is C42H51N5O7S. The van der Waals surface area contributed by atoms with Gasteiger partial charge in [-0.2, -0.15) is 5.10 Å². The number of nitrogens with one attached hydrogen (secondary N) is 1. The van der Waals surface area contributed by atoms with E-state index in [1.54, 1.807) is 27.2 Å². The molecule has 0 radical (unpaired) electrons. The Hall–Kier alpha value is -4.46. The number of morpholine rings is 1. The highest BCUT2D eigenvalue weighted by atomic mass is 32.2. The summed E-state index contributed by atoms with van der Waals surface area (Å²) >= 11 is 0. The highest BCUT2D eigenvalue weighted by Gasteiger charge is 2.34. The van der Waals surface area contributed by atoms with Gasteiger partial charge in [-0.05, 0) is 98.1 Å². The molecule has 2 aromatic heterocycles. The molecule has 3 fully saturated rings. The van der Waals surface area contributed by atoms with Crippen LogP contribution in [0.25, 0.3) is 33.8 Å². The quantitative estimate of drug-likeness (QED) is 0.209. The highest BCUT2D eigenvalue weighted by Crippen LogP contribution is 2.48. The minimum Gasteiger partial charge on any atom is -0.497 e. The first kappa shape index (κ1) is 37.5. The number of benzene rings is 2. The van der Waals surface area contributed by atoms with Crippen molar-refractivity contribution in [1.82, 2.24) is 24.0 Å². The Balaban J connectivity index is 1.33. The highest BCUT2D eigenvalue weighted by molar-refractivity contribution is 7.90. The first-order valence-corrected chi connectivity index (χ1v) is 21.3. The van der Waals surface area contributed by atoms with Crippen molar-refractivity contribution in [2.45, 2.75) is 89.0 Å². The second kappa shape index (κ2) is 15.6. The number of hydrogen-bond donors (Lipinski definition) is 1. The van der Waals surface area contributed by atoms with Crippen LogP contribution in [0.1, 0.15) is 103 Å². The topological polar surface area (TPSA) is 134 Å². The molecule has 1 saturated carbocycles. The molecular weight excluding hydrogens is 719 g/mol. The largest absolute Gasteiger partial charge is 0.497 e. The zero-order valence-corrected chi connectivity index (χ0v) is 32.8. The van der Waals surface area contributed by atoms with Crippen LogP contribution >= 0.6 is 0 Å². The van der Waals surface area contributed by atoms with E-state index in [9.17, 15) is 18.0 Å². The summed E-state index contributed by atoms with van der Waals surface area (Å²) in [5.74, 6) is 0.469. The lowest BCUT2D eigenvalue weighted by molar-refractivity contribution is -0.118. The minimum absolute atomic E-state index is 0.0576. The first-order chi connectivity index (χ1) is 26.6. The molecule has 12 nitrogen and oxygen atoms in total. The van der Waals surface area contributed by atoms with Gasteiger partial charge < -0.3 is 23.7 Å². The maximum atomic E-state index is 14.4. The summed E-state index contributed by atoms with van der Waals surface area (Å²) in [4.78, 5) is 29.4. The molecule has 4 aromatic rings. The Bertz CT molecular complexity index is 2240. The van der Waals surface area contributed by atoms with Crippen LogP contribution in [-0.4, -0.2) is 91.4 Å². The monoisotopic (exact) mass is 769 g/mol. The van der Waals surface area contributed by atoms with Gasteiger partial charge in [-0.25, -0.2) is 8.42 Å². The number of methoxy groups -OCH3 is 1. The molecule has 292 valence electrons. The Morgan fingerprint density at radius 1 is 0.945 bits per heavy atom. The third-order valence-corrected chi connectivity index (χ3v) is 13.5. The SMILES string of the molecule is COc1ccc2c(c1)C=C(c1c(C(=O)N3CCOCC3)cnn1C1CCOCC1)Cn1c-2c(C2CCCCC2)c2ccc(CC(=O)NS(=O)(=O)C(C)C)cc21. The molecule has 2 aromatic carbocycles. The molecule has 1 N–H and O–H groups in total. The smallest absolute Gasteiger partial charge is 0.257 e. The van der Waals surface area contributed by atoms with Gasteiger partial charge in [0.15, 0.2) is 0 Å². The third kappa shape index (κ3) is 7.34. The predicted octanol–water partition coefficient (Wildman–Crippen LogP) is 6.34. The number of hydrogen-bond acceptors (Lipinski definition) is 8. The minimum atomic E-state index is -3.77. The number of fused-ring (bicyclic) bond motifs is 5. The van der Waals surface area contributed by atoms with E-state index >= 15 is 0 Å². The maximum Gasteiger partial charge on any atom is 0.257 e. The van der Waals surface area contributed by atoms with Gasteiger partial charge in [-0.1, -0.05) is 31.4 Å². The normalized spacial score (nSPS) is 18.5.